The van der Waals surface area contributed by atoms with Gasteiger partial charge in [-0.3, -0.25) is 14.6 Å². The molecule has 7 nitrogen and oxygen atoms in total. The Bertz CT molecular complexity index is 1320. The van der Waals surface area contributed by atoms with E-state index in [0.717, 1.165) is 92.3 Å². The second-order valence-corrected chi connectivity index (χ2v) is 10.8. The summed E-state index contributed by atoms with van der Waals surface area (Å²) in [6.45, 7) is 3.54. The molecule has 2 amide bonds. The molecule has 6 rings (SSSR count). The quantitative estimate of drug-likeness (QED) is 0.601. The van der Waals surface area contributed by atoms with E-state index in [2.05, 4.69) is 20.5 Å². The Hall–Kier alpha value is -3.35. The Labute approximate surface area is 211 Å². The molecule has 7 heteroatoms. The van der Waals surface area contributed by atoms with E-state index in [1.807, 2.05) is 48.2 Å². The van der Waals surface area contributed by atoms with Crippen LogP contribution in [0, 0.1) is 18.8 Å². The number of hydrogen-bond donors (Lipinski definition) is 1. The molecule has 36 heavy (non-hydrogen) atoms. The number of rotatable bonds is 3. The number of amides is 2. The van der Waals surface area contributed by atoms with Gasteiger partial charge in [-0.2, -0.15) is 5.10 Å². The van der Waals surface area contributed by atoms with Gasteiger partial charge in [-0.05, 0) is 106 Å². The second-order valence-electron chi connectivity index (χ2n) is 10.8. The van der Waals surface area contributed by atoms with Gasteiger partial charge >= 0.3 is 0 Å². The first-order valence-corrected chi connectivity index (χ1v) is 13.4. The molecule has 1 N–H and O–H groups in total. The lowest BCUT2D eigenvalue weighted by Gasteiger charge is -2.43. The number of aromatic nitrogens is 3. The van der Waals surface area contributed by atoms with Crippen molar-refractivity contribution < 1.29 is 9.59 Å². The van der Waals surface area contributed by atoms with Crippen LogP contribution < -0.4 is 5.32 Å². The molecule has 3 aromatic rings. The van der Waals surface area contributed by atoms with Gasteiger partial charge in [-0.15, -0.1) is 5.10 Å². The smallest absolute Gasteiger partial charge is 0.272 e. The molecule has 0 radical (unpaired) electrons. The summed E-state index contributed by atoms with van der Waals surface area (Å²) < 4.78 is 0. The Kier molecular flexibility index (Phi) is 6.15. The molecule has 3 unspecified atom stereocenters. The van der Waals surface area contributed by atoms with E-state index in [-0.39, 0.29) is 17.9 Å². The maximum absolute atomic E-state index is 13.3. The molecule has 186 valence electrons. The van der Waals surface area contributed by atoms with Crippen molar-refractivity contribution in [1.82, 2.24) is 25.4 Å². The topological polar surface area (TPSA) is 88.1 Å². The fourth-order valence-electron chi connectivity index (χ4n) is 6.34. The summed E-state index contributed by atoms with van der Waals surface area (Å²) in [4.78, 5) is 32.8. The number of piperidine rings is 1. The van der Waals surface area contributed by atoms with E-state index in [1.54, 1.807) is 0 Å². The monoisotopic (exact) mass is 483 g/mol. The third kappa shape index (κ3) is 4.59. The maximum atomic E-state index is 13.3. The van der Waals surface area contributed by atoms with Crippen molar-refractivity contribution in [1.29, 1.82) is 0 Å². The average molecular weight is 484 g/mol. The maximum Gasteiger partial charge on any atom is 0.272 e. The zero-order valence-electron chi connectivity index (χ0n) is 20.9. The average Bonchev–Trinajstić information content (AvgIpc) is 2.91. The number of pyridine rings is 1. The number of likely N-dealkylation sites (tertiary alicyclic amines) is 1. The Morgan fingerprint density at radius 3 is 2.78 bits per heavy atom. The van der Waals surface area contributed by atoms with Gasteiger partial charge in [0, 0.05) is 35.8 Å². The molecule has 1 aromatic carbocycles. The van der Waals surface area contributed by atoms with Crippen molar-refractivity contribution in [2.24, 2.45) is 11.8 Å². The molecular formula is C29H33N5O2. The van der Waals surface area contributed by atoms with E-state index in [4.69, 9.17) is 0 Å². The molecule has 3 heterocycles. The zero-order valence-corrected chi connectivity index (χ0v) is 20.9. The third-order valence-electron chi connectivity index (χ3n) is 8.36. The van der Waals surface area contributed by atoms with Gasteiger partial charge in [-0.25, -0.2) is 0 Å². The molecular weight excluding hydrogens is 450 g/mol. The summed E-state index contributed by atoms with van der Waals surface area (Å²) >= 11 is 0. The molecule has 3 atom stereocenters. The van der Waals surface area contributed by atoms with Crippen molar-refractivity contribution in [2.45, 2.75) is 64.3 Å². The largest absolute Gasteiger partial charge is 0.348 e. The molecule has 3 aliphatic rings. The first-order chi connectivity index (χ1) is 17.5. The second kappa shape index (κ2) is 9.60. The summed E-state index contributed by atoms with van der Waals surface area (Å²) in [6, 6.07) is 11.9. The highest BCUT2D eigenvalue weighted by Crippen LogP contribution is 2.37. The number of nitrogens with one attached hydrogen (secondary N) is 1. The van der Waals surface area contributed by atoms with Crippen LogP contribution in [0.5, 0.6) is 0 Å². The Balaban J connectivity index is 1.06. The van der Waals surface area contributed by atoms with E-state index in [1.165, 1.54) is 5.56 Å². The van der Waals surface area contributed by atoms with Crippen LogP contribution in [0.25, 0.3) is 10.9 Å². The molecule has 1 saturated heterocycles. The van der Waals surface area contributed by atoms with Gasteiger partial charge in [0.1, 0.15) is 0 Å². The van der Waals surface area contributed by atoms with Crippen molar-refractivity contribution in [2.75, 3.05) is 13.1 Å². The molecule has 0 bridgehead atoms. The molecule has 2 aromatic heterocycles. The number of benzene rings is 1. The van der Waals surface area contributed by atoms with Crippen LogP contribution in [0.15, 0.2) is 36.4 Å². The highest BCUT2D eigenvalue weighted by Gasteiger charge is 2.37. The first kappa shape index (κ1) is 23.1. The molecule has 2 fully saturated rings. The fourth-order valence-corrected chi connectivity index (χ4v) is 6.34. The SMILES string of the molecule is Cc1ccc2cc(C(=O)N3CCC4CC(NC(=O)c5cc6c(nn5)CCCC6)CCC4C3)ccc2n1. The van der Waals surface area contributed by atoms with Crippen LogP contribution in [0.4, 0.5) is 0 Å². The number of nitrogens with zero attached hydrogens (tertiary/aromatic N) is 4. The van der Waals surface area contributed by atoms with Crippen LogP contribution in [0.3, 0.4) is 0 Å². The minimum atomic E-state index is -0.104. The van der Waals surface area contributed by atoms with Crippen LogP contribution in [-0.4, -0.2) is 51.0 Å². The normalized spacial score (nSPS) is 23.6. The van der Waals surface area contributed by atoms with Crippen LogP contribution in [-0.2, 0) is 12.8 Å². The number of hydrogen-bond acceptors (Lipinski definition) is 5. The predicted octanol–water partition coefficient (Wildman–Crippen LogP) is 4.27. The van der Waals surface area contributed by atoms with Crippen LogP contribution >= 0.6 is 0 Å². The lowest BCUT2D eigenvalue weighted by atomic mass is 9.73. The minimum absolute atomic E-state index is 0.104. The fraction of sp³-hybridized carbons (Fsp3) is 0.483. The molecule has 1 saturated carbocycles. The van der Waals surface area contributed by atoms with Gasteiger partial charge in [0.2, 0.25) is 0 Å². The summed E-state index contributed by atoms with van der Waals surface area (Å²) in [5.74, 6) is 1.03. The predicted molar refractivity (Wildman–Crippen MR) is 138 cm³/mol. The van der Waals surface area contributed by atoms with Crippen molar-refractivity contribution >= 4 is 22.7 Å². The Morgan fingerprint density at radius 1 is 0.972 bits per heavy atom. The third-order valence-corrected chi connectivity index (χ3v) is 8.36. The van der Waals surface area contributed by atoms with Crippen molar-refractivity contribution in [3.63, 3.8) is 0 Å². The number of aryl methyl sites for hydroxylation is 3. The van der Waals surface area contributed by atoms with E-state index >= 15 is 0 Å². The molecule has 1 aliphatic heterocycles. The minimum Gasteiger partial charge on any atom is -0.348 e. The standard InChI is InChI=1S/C29H33N5O2/c1-18-6-7-21-14-22(9-11-25(21)30-18)29(36)34-13-12-19-15-24(10-8-23(19)17-34)31-28(35)27-16-20-4-2-3-5-26(20)32-33-27/h6-7,9,11,14,16,19,23-24H,2-5,8,10,12-13,15,17H2,1H3,(H,31,35). The van der Waals surface area contributed by atoms with Crippen LogP contribution in [0.2, 0.25) is 0 Å². The van der Waals surface area contributed by atoms with Crippen molar-refractivity contribution in [3.05, 3.63) is 64.6 Å². The van der Waals surface area contributed by atoms with Crippen molar-refractivity contribution in [3.8, 4) is 0 Å². The van der Waals surface area contributed by atoms with Gasteiger partial charge in [0.25, 0.3) is 11.8 Å². The highest BCUT2D eigenvalue weighted by molar-refractivity contribution is 5.98. The van der Waals surface area contributed by atoms with E-state index in [9.17, 15) is 9.59 Å². The van der Waals surface area contributed by atoms with Gasteiger partial charge in [-0.1, -0.05) is 6.07 Å². The van der Waals surface area contributed by atoms with Crippen LogP contribution in [0.1, 0.15) is 76.3 Å². The van der Waals surface area contributed by atoms with Gasteiger partial charge < -0.3 is 10.2 Å². The Morgan fingerprint density at radius 2 is 1.86 bits per heavy atom. The first-order valence-electron chi connectivity index (χ1n) is 13.4. The van der Waals surface area contributed by atoms with Gasteiger partial charge in [0.05, 0.1) is 11.2 Å². The van der Waals surface area contributed by atoms with E-state index in [0.29, 0.717) is 17.5 Å². The summed E-state index contributed by atoms with van der Waals surface area (Å²) in [6.07, 6.45) is 8.18. The summed E-state index contributed by atoms with van der Waals surface area (Å²) in [5.41, 5.74) is 5.31. The lowest BCUT2D eigenvalue weighted by Crippen LogP contribution is -2.49. The summed E-state index contributed by atoms with van der Waals surface area (Å²) in [7, 11) is 0. The summed E-state index contributed by atoms with van der Waals surface area (Å²) in [5, 5.41) is 12.8. The van der Waals surface area contributed by atoms with E-state index < -0.39 is 0 Å². The highest BCUT2D eigenvalue weighted by atomic mass is 16.2. The number of fused-ring (bicyclic) bond motifs is 3. The van der Waals surface area contributed by atoms with Gasteiger partial charge in [0.15, 0.2) is 5.69 Å². The zero-order chi connectivity index (χ0) is 24.6. The number of carbonyl (C=O) groups excluding carboxylic acids is 2. The molecule has 2 aliphatic carbocycles. The lowest BCUT2D eigenvalue weighted by molar-refractivity contribution is 0.0478. The molecule has 0 spiro atoms. The number of carbonyl (C=O) groups is 2.